The molecule has 0 fully saturated rings. The normalized spacial score (nSPS) is 11.2. The van der Waals surface area contributed by atoms with Crippen molar-refractivity contribution in [3.63, 3.8) is 0 Å². The number of nitrogens with zero attached hydrogens (tertiary/aromatic N) is 2. The van der Waals surface area contributed by atoms with Crippen molar-refractivity contribution in [2.45, 2.75) is 33.9 Å². The third-order valence-corrected chi connectivity index (χ3v) is 4.36. The standard InChI is InChI=1S/C21H26N4O2.HI/c1-5-22-21(24-13-20-25-14(2)15(3)27-20)23-12-16-6-7-18-11-19(26-4)9-8-17(18)10-16;/h6-11H,5,12-13H2,1-4H3,(H2,22,23,24);1H. The van der Waals surface area contributed by atoms with Gasteiger partial charge in [-0.2, -0.15) is 0 Å². The Kier molecular flexibility index (Phi) is 8.10. The lowest BCUT2D eigenvalue weighted by Crippen LogP contribution is -2.36. The maximum absolute atomic E-state index is 5.61. The first kappa shape index (κ1) is 22.0. The number of aliphatic imine (C=N–C) groups is 1. The van der Waals surface area contributed by atoms with Crippen molar-refractivity contribution in [3.05, 3.63) is 59.3 Å². The molecule has 0 unspecified atom stereocenters. The van der Waals surface area contributed by atoms with E-state index in [0.29, 0.717) is 19.0 Å². The fraction of sp³-hybridized carbons (Fsp3) is 0.333. The molecule has 0 bridgehead atoms. The Labute approximate surface area is 182 Å². The van der Waals surface area contributed by atoms with Crippen molar-refractivity contribution < 1.29 is 9.15 Å². The quantitative estimate of drug-likeness (QED) is 0.303. The van der Waals surface area contributed by atoms with Crippen LogP contribution in [-0.2, 0) is 13.1 Å². The van der Waals surface area contributed by atoms with Gasteiger partial charge in [0.05, 0.1) is 25.9 Å². The van der Waals surface area contributed by atoms with Crippen LogP contribution >= 0.6 is 24.0 Å². The summed E-state index contributed by atoms with van der Waals surface area (Å²) >= 11 is 0. The number of methoxy groups -OCH3 is 1. The molecule has 0 saturated carbocycles. The molecule has 3 aromatic rings. The molecule has 3 rings (SSSR count). The predicted molar refractivity (Wildman–Crippen MR) is 124 cm³/mol. The van der Waals surface area contributed by atoms with Crippen LogP contribution in [0.25, 0.3) is 10.8 Å². The van der Waals surface area contributed by atoms with E-state index in [-0.39, 0.29) is 24.0 Å². The zero-order chi connectivity index (χ0) is 19.2. The van der Waals surface area contributed by atoms with Gasteiger partial charge in [0.2, 0.25) is 5.89 Å². The molecule has 0 radical (unpaired) electrons. The van der Waals surface area contributed by atoms with Gasteiger partial charge in [0.1, 0.15) is 11.5 Å². The van der Waals surface area contributed by atoms with Gasteiger partial charge in [-0.05, 0) is 55.3 Å². The largest absolute Gasteiger partial charge is 0.497 e. The maximum Gasteiger partial charge on any atom is 0.214 e. The van der Waals surface area contributed by atoms with Crippen molar-refractivity contribution in [3.8, 4) is 5.75 Å². The van der Waals surface area contributed by atoms with Crippen molar-refractivity contribution in [2.24, 2.45) is 4.99 Å². The van der Waals surface area contributed by atoms with E-state index in [1.54, 1.807) is 7.11 Å². The van der Waals surface area contributed by atoms with Crippen LogP contribution in [0.4, 0.5) is 0 Å². The predicted octanol–water partition coefficient (Wildman–Crippen LogP) is 4.33. The first-order chi connectivity index (χ1) is 13.1. The number of halogens is 1. The second-order valence-corrected chi connectivity index (χ2v) is 6.35. The zero-order valence-electron chi connectivity index (χ0n) is 16.7. The molecule has 0 aliphatic rings. The van der Waals surface area contributed by atoms with Crippen LogP contribution in [0.2, 0.25) is 0 Å². The van der Waals surface area contributed by atoms with E-state index in [9.17, 15) is 0 Å². The molecule has 0 spiro atoms. The molecule has 2 N–H and O–H groups in total. The summed E-state index contributed by atoms with van der Waals surface area (Å²) in [6, 6.07) is 12.4. The van der Waals surface area contributed by atoms with Gasteiger partial charge in [0.25, 0.3) is 0 Å². The Bertz CT molecular complexity index is 933. The minimum Gasteiger partial charge on any atom is -0.497 e. The van der Waals surface area contributed by atoms with E-state index < -0.39 is 0 Å². The molecule has 1 aromatic heterocycles. The molecule has 6 nitrogen and oxygen atoms in total. The number of aromatic nitrogens is 1. The number of rotatable bonds is 6. The first-order valence-electron chi connectivity index (χ1n) is 9.11. The maximum atomic E-state index is 5.61. The summed E-state index contributed by atoms with van der Waals surface area (Å²) < 4.78 is 10.9. The summed E-state index contributed by atoms with van der Waals surface area (Å²) in [4.78, 5) is 9.06. The van der Waals surface area contributed by atoms with E-state index in [1.807, 2.05) is 32.9 Å². The smallest absolute Gasteiger partial charge is 0.214 e. The molecule has 0 amide bonds. The molecule has 7 heteroatoms. The topological polar surface area (TPSA) is 71.7 Å². The summed E-state index contributed by atoms with van der Waals surface area (Å²) in [7, 11) is 1.68. The molecular formula is C21H27IN4O2. The second kappa shape index (κ2) is 10.3. The van der Waals surface area contributed by atoms with Crippen molar-refractivity contribution in [1.82, 2.24) is 15.6 Å². The van der Waals surface area contributed by atoms with Crippen LogP contribution in [0.3, 0.4) is 0 Å². The highest BCUT2D eigenvalue weighted by Gasteiger charge is 2.06. The van der Waals surface area contributed by atoms with E-state index >= 15 is 0 Å². The average molecular weight is 494 g/mol. The van der Waals surface area contributed by atoms with Gasteiger partial charge in [-0.15, -0.1) is 24.0 Å². The van der Waals surface area contributed by atoms with Crippen molar-refractivity contribution in [2.75, 3.05) is 13.7 Å². The molecule has 0 atom stereocenters. The number of ether oxygens (including phenoxy) is 1. The minimum absolute atomic E-state index is 0. The molecule has 0 saturated heterocycles. The lowest BCUT2D eigenvalue weighted by molar-refractivity contribution is 0.415. The fourth-order valence-corrected chi connectivity index (χ4v) is 2.78. The van der Waals surface area contributed by atoms with E-state index in [1.165, 1.54) is 5.39 Å². The van der Waals surface area contributed by atoms with Crippen LogP contribution in [0.5, 0.6) is 5.75 Å². The number of hydrogen-bond donors (Lipinski definition) is 2. The van der Waals surface area contributed by atoms with Gasteiger partial charge in [0, 0.05) is 6.54 Å². The van der Waals surface area contributed by atoms with Crippen LogP contribution < -0.4 is 15.4 Å². The van der Waals surface area contributed by atoms with Crippen LogP contribution in [-0.4, -0.2) is 24.6 Å². The van der Waals surface area contributed by atoms with Gasteiger partial charge in [0.15, 0.2) is 5.96 Å². The lowest BCUT2D eigenvalue weighted by Gasteiger charge is -2.10. The molecule has 1 heterocycles. The number of nitrogens with one attached hydrogen (secondary N) is 2. The van der Waals surface area contributed by atoms with Gasteiger partial charge >= 0.3 is 0 Å². The number of aryl methyl sites for hydroxylation is 2. The molecule has 2 aromatic carbocycles. The van der Waals surface area contributed by atoms with Crippen LogP contribution in [0.15, 0.2) is 45.8 Å². The number of hydrogen-bond acceptors (Lipinski definition) is 4. The summed E-state index contributed by atoms with van der Waals surface area (Å²) in [6.07, 6.45) is 0. The number of guanidine groups is 1. The highest BCUT2D eigenvalue weighted by Crippen LogP contribution is 2.22. The van der Waals surface area contributed by atoms with Crippen molar-refractivity contribution in [1.29, 1.82) is 0 Å². The lowest BCUT2D eigenvalue weighted by atomic mass is 10.1. The van der Waals surface area contributed by atoms with Gasteiger partial charge in [-0.3, -0.25) is 0 Å². The minimum atomic E-state index is 0. The van der Waals surface area contributed by atoms with Gasteiger partial charge in [-0.1, -0.05) is 18.2 Å². The monoisotopic (exact) mass is 494 g/mol. The van der Waals surface area contributed by atoms with E-state index in [0.717, 1.165) is 40.7 Å². The molecule has 150 valence electrons. The van der Waals surface area contributed by atoms with Crippen molar-refractivity contribution >= 4 is 40.7 Å². The Morgan fingerprint density at radius 1 is 1.11 bits per heavy atom. The first-order valence-corrected chi connectivity index (χ1v) is 9.11. The average Bonchev–Trinajstić information content (AvgIpc) is 3.01. The summed E-state index contributed by atoms with van der Waals surface area (Å²) in [5.74, 6) is 3.11. The number of oxazole rings is 1. The Balaban J connectivity index is 0.00000280. The summed E-state index contributed by atoms with van der Waals surface area (Å²) in [6.45, 7) is 7.77. The van der Waals surface area contributed by atoms with E-state index in [4.69, 9.17) is 9.15 Å². The molecule has 0 aliphatic heterocycles. The summed E-state index contributed by atoms with van der Waals surface area (Å²) in [5, 5.41) is 8.84. The van der Waals surface area contributed by atoms with Crippen LogP contribution in [0.1, 0.15) is 29.8 Å². The second-order valence-electron chi connectivity index (χ2n) is 6.35. The highest BCUT2D eigenvalue weighted by molar-refractivity contribution is 14.0. The molecule has 0 aliphatic carbocycles. The Morgan fingerprint density at radius 3 is 2.54 bits per heavy atom. The number of benzene rings is 2. The molecule has 28 heavy (non-hydrogen) atoms. The SMILES string of the molecule is CCNC(=NCc1ccc2cc(OC)ccc2c1)NCc1nc(C)c(C)o1.I. The van der Waals surface area contributed by atoms with Crippen LogP contribution in [0, 0.1) is 13.8 Å². The Hall–Kier alpha value is -2.29. The molecular weight excluding hydrogens is 467 g/mol. The number of fused-ring (bicyclic) bond motifs is 1. The third-order valence-electron chi connectivity index (χ3n) is 4.36. The zero-order valence-corrected chi connectivity index (χ0v) is 19.0. The van der Waals surface area contributed by atoms with Gasteiger partial charge < -0.3 is 19.8 Å². The third kappa shape index (κ3) is 5.60. The summed E-state index contributed by atoms with van der Waals surface area (Å²) in [5.41, 5.74) is 2.06. The Morgan fingerprint density at radius 2 is 1.86 bits per heavy atom. The van der Waals surface area contributed by atoms with E-state index in [2.05, 4.69) is 44.9 Å². The fourth-order valence-electron chi connectivity index (χ4n) is 2.78. The highest BCUT2D eigenvalue weighted by atomic mass is 127. The van der Waals surface area contributed by atoms with Gasteiger partial charge in [-0.25, -0.2) is 9.98 Å².